The lowest BCUT2D eigenvalue weighted by atomic mass is 10.3. The molecular formula is C12H24BN. The Morgan fingerprint density at radius 3 is 1.00 bits per heavy atom. The van der Waals surface area contributed by atoms with Crippen LogP contribution >= 0.6 is 0 Å². The quantitative estimate of drug-likeness (QED) is 0.307. The maximum atomic E-state index is 3.77. The molecule has 0 spiro atoms. The predicted molar refractivity (Wildman–Crippen MR) is 71.9 cm³/mol. The van der Waals surface area contributed by atoms with Gasteiger partial charge >= 0.3 is 0 Å². The fourth-order valence-electron chi connectivity index (χ4n) is 1.54. The maximum absolute atomic E-state index is 3.77. The SMILES string of the molecule is C=CC[N+](CC=C)(CC=C)CC=C.[BH4-]. The second-order valence-electron chi connectivity index (χ2n) is 3.23. The van der Waals surface area contributed by atoms with E-state index < -0.39 is 0 Å². The number of rotatable bonds is 8. The zero-order valence-corrected chi connectivity index (χ0v) is 8.41. The van der Waals surface area contributed by atoms with Crippen LogP contribution in [0.4, 0.5) is 0 Å². The summed E-state index contributed by atoms with van der Waals surface area (Å²) >= 11 is 0. The molecule has 0 saturated carbocycles. The minimum Gasteiger partial charge on any atom is -0.311 e. The molecule has 0 aliphatic carbocycles. The van der Waals surface area contributed by atoms with Crippen LogP contribution in [0, 0.1) is 0 Å². The van der Waals surface area contributed by atoms with Gasteiger partial charge in [0.25, 0.3) is 0 Å². The van der Waals surface area contributed by atoms with E-state index in [1.807, 2.05) is 24.3 Å². The molecule has 80 valence electrons. The van der Waals surface area contributed by atoms with Crippen molar-refractivity contribution in [2.75, 3.05) is 26.2 Å². The van der Waals surface area contributed by atoms with Gasteiger partial charge in [0.15, 0.2) is 0 Å². The zero-order chi connectivity index (χ0) is 10.2. The lowest BCUT2D eigenvalue weighted by Crippen LogP contribution is -2.48. The van der Waals surface area contributed by atoms with Gasteiger partial charge in [-0.3, -0.25) is 0 Å². The van der Waals surface area contributed by atoms with Crippen LogP contribution in [0.1, 0.15) is 0 Å². The van der Waals surface area contributed by atoms with Gasteiger partial charge in [-0.25, -0.2) is 0 Å². The third-order valence-corrected chi connectivity index (χ3v) is 2.07. The monoisotopic (exact) mass is 193 g/mol. The van der Waals surface area contributed by atoms with Crippen LogP contribution in [-0.4, -0.2) is 39.1 Å². The molecule has 14 heavy (non-hydrogen) atoms. The molecule has 0 fully saturated rings. The van der Waals surface area contributed by atoms with E-state index in [0.717, 1.165) is 30.7 Å². The van der Waals surface area contributed by atoms with Crippen molar-refractivity contribution < 1.29 is 4.48 Å². The van der Waals surface area contributed by atoms with Crippen molar-refractivity contribution in [1.82, 2.24) is 0 Å². The molecule has 0 N–H and O–H groups in total. The summed E-state index contributed by atoms with van der Waals surface area (Å²) in [6.07, 6.45) is 7.76. The summed E-state index contributed by atoms with van der Waals surface area (Å²) in [6, 6.07) is 0. The summed E-state index contributed by atoms with van der Waals surface area (Å²) in [5.74, 6) is 0. The standard InChI is InChI=1S/C12H20N.BH4/c1-5-9-13(10-6-2,11-7-3)12-8-4;/h5-8H,1-4,9-12H2;1H4/q+1;-1. The van der Waals surface area contributed by atoms with Crippen LogP contribution in [0.3, 0.4) is 0 Å². The Bertz CT molecular complexity index is 151. The minimum absolute atomic E-state index is 0. The first kappa shape index (κ1) is 15.5. The lowest BCUT2D eigenvalue weighted by molar-refractivity contribution is -0.906. The molecule has 0 atom stereocenters. The highest BCUT2D eigenvalue weighted by Gasteiger charge is 2.20. The van der Waals surface area contributed by atoms with Crippen molar-refractivity contribution >= 4 is 8.41 Å². The molecule has 0 unspecified atom stereocenters. The molecule has 0 aromatic heterocycles. The van der Waals surface area contributed by atoms with Crippen molar-refractivity contribution in [3.63, 3.8) is 0 Å². The molecule has 0 aliphatic heterocycles. The largest absolute Gasteiger partial charge is 0.311 e. The first-order valence-electron chi connectivity index (χ1n) is 4.53. The Hall–Kier alpha value is -1.02. The van der Waals surface area contributed by atoms with Crippen LogP contribution in [0.15, 0.2) is 50.6 Å². The van der Waals surface area contributed by atoms with E-state index in [9.17, 15) is 0 Å². The zero-order valence-electron chi connectivity index (χ0n) is 8.41. The Labute approximate surface area is 90.3 Å². The summed E-state index contributed by atoms with van der Waals surface area (Å²) in [5.41, 5.74) is 0. The Balaban J connectivity index is 0. The molecule has 1 nitrogen and oxygen atoms in total. The third-order valence-electron chi connectivity index (χ3n) is 2.07. The van der Waals surface area contributed by atoms with Gasteiger partial charge in [-0.1, -0.05) is 34.7 Å². The van der Waals surface area contributed by atoms with Crippen molar-refractivity contribution in [3.05, 3.63) is 50.6 Å². The van der Waals surface area contributed by atoms with Gasteiger partial charge in [0.05, 0.1) is 26.2 Å². The van der Waals surface area contributed by atoms with Crippen LogP contribution in [0.25, 0.3) is 0 Å². The average molecular weight is 193 g/mol. The molecule has 0 aromatic rings. The van der Waals surface area contributed by atoms with Crippen LogP contribution in [0.2, 0.25) is 0 Å². The van der Waals surface area contributed by atoms with E-state index in [1.54, 1.807) is 0 Å². The Morgan fingerprint density at radius 2 is 0.857 bits per heavy atom. The fourth-order valence-corrected chi connectivity index (χ4v) is 1.54. The smallest absolute Gasteiger partial charge is 0.0978 e. The van der Waals surface area contributed by atoms with Gasteiger partial charge < -0.3 is 4.48 Å². The normalized spacial score (nSPS) is 9.71. The summed E-state index contributed by atoms with van der Waals surface area (Å²) < 4.78 is 0.903. The van der Waals surface area contributed by atoms with E-state index in [0.29, 0.717) is 0 Å². The fraction of sp³-hybridized carbons (Fsp3) is 0.333. The number of nitrogens with zero attached hydrogens (tertiary/aromatic N) is 1. The first-order chi connectivity index (χ1) is 6.24. The highest BCUT2D eigenvalue weighted by Crippen LogP contribution is 2.07. The summed E-state index contributed by atoms with van der Waals surface area (Å²) in [7, 11) is 0. The second-order valence-corrected chi connectivity index (χ2v) is 3.23. The minimum atomic E-state index is 0. The Morgan fingerprint density at radius 1 is 0.643 bits per heavy atom. The van der Waals surface area contributed by atoms with Gasteiger partial charge in [-0.05, 0) is 24.3 Å². The number of hydrogen-bond acceptors (Lipinski definition) is 0. The second kappa shape index (κ2) is 8.58. The molecule has 0 amide bonds. The van der Waals surface area contributed by atoms with E-state index in [-0.39, 0.29) is 8.41 Å². The van der Waals surface area contributed by atoms with Crippen LogP contribution in [0.5, 0.6) is 0 Å². The van der Waals surface area contributed by atoms with Gasteiger partial charge in [-0.15, -0.1) is 0 Å². The van der Waals surface area contributed by atoms with Crippen LogP contribution in [-0.2, 0) is 0 Å². The van der Waals surface area contributed by atoms with Gasteiger partial charge in [0, 0.05) is 0 Å². The van der Waals surface area contributed by atoms with Crippen molar-refractivity contribution in [1.29, 1.82) is 0 Å². The summed E-state index contributed by atoms with van der Waals surface area (Å²) in [5, 5.41) is 0. The lowest BCUT2D eigenvalue weighted by Gasteiger charge is -2.35. The maximum Gasteiger partial charge on any atom is 0.0978 e. The summed E-state index contributed by atoms with van der Waals surface area (Å²) in [6.45, 7) is 18.8. The number of hydrogen-bond donors (Lipinski definition) is 0. The molecule has 0 rings (SSSR count). The van der Waals surface area contributed by atoms with Crippen molar-refractivity contribution in [2.24, 2.45) is 0 Å². The molecule has 0 radical (unpaired) electrons. The van der Waals surface area contributed by atoms with E-state index in [2.05, 4.69) is 26.3 Å². The van der Waals surface area contributed by atoms with Crippen molar-refractivity contribution in [2.45, 2.75) is 0 Å². The van der Waals surface area contributed by atoms with Gasteiger partial charge in [0.2, 0.25) is 0 Å². The molecule has 0 heterocycles. The van der Waals surface area contributed by atoms with E-state index >= 15 is 0 Å². The highest BCUT2D eigenvalue weighted by atomic mass is 15.3. The molecule has 0 bridgehead atoms. The summed E-state index contributed by atoms with van der Waals surface area (Å²) in [4.78, 5) is 0. The molecule has 0 saturated heterocycles. The molecular weight excluding hydrogens is 169 g/mol. The van der Waals surface area contributed by atoms with Gasteiger partial charge in [0.1, 0.15) is 0 Å². The van der Waals surface area contributed by atoms with Crippen molar-refractivity contribution in [3.8, 4) is 0 Å². The highest BCUT2D eigenvalue weighted by molar-refractivity contribution is 5.75. The first-order valence-corrected chi connectivity index (χ1v) is 4.53. The molecule has 0 aliphatic rings. The Kier molecular flexibility index (Phi) is 9.47. The van der Waals surface area contributed by atoms with E-state index in [1.165, 1.54) is 0 Å². The topological polar surface area (TPSA) is 0 Å². The average Bonchev–Trinajstić information content (AvgIpc) is 2.06. The van der Waals surface area contributed by atoms with E-state index in [4.69, 9.17) is 0 Å². The van der Waals surface area contributed by atoms with Gasteiger partial charge in [-0.2, -0.15) is 0 Å². The number of quaternary nitrogens is 1. The third kappa shape index (κ3) is 4.88. The predicted octanol–water partition coefficient (Wildman–Crippen LogP) is 1.10. The molecule has 0 aromatic carbocycles. The van der Waals surface area contributed by atoms with Crippen LogP contribution < -0.4 is 0 Å². The molecule has 2 heteroatoms.